The van der Waals surface area contributed by atoms with Crippen LogP contribution < -0.4 is 5.32 Å². The van der Waals surface area contributed by atoms with E-state index in [9.17, 15) is 4.79 Å². The molecule has 2 amide bonds. The zero-order valence-corrected chi connectivity index (χ0v) is 9.97. The van der Waals surface area contributed by atoms with Gasteiger partial charge in [0.2, 0.25) is 0 Å². The number of carbonyl (C=O) groups excluding carboxylic acids is 1. The first-order valence-electron chi connectivity index (χ1n) is 5.63. The van der Waals surface area contributed by atoms with Crippen LogP contribution >= 0.6 is 0 Å². The fraction of sp³-hybridized carbons (Fsp3) is 0.308. The van der Waals surface area contributed by atoms with Crippen molar-refractivity contribution in [3.63, 3.8) is 0 Å². The normalized spacial score (nSPS) is 9.00. The first-order valence-corrected chi connectivity index (χ1v) is 5.63. The average molecular weight is 242 g/mol. The molecule has 1 aromatic carbocycles. The van der Waals surface area contributed by atoms with E-state index in [2.05, 4.69) is 5.32 Å². The fourth-order valence-corrected chi connectivity index (χ4v) is 1.41. The van der Waals surface area contributed by atoms with Gasteiger partial charge >= 0.3 is 6.03 Å². The Morgan fingerprint density at radius 2 is 1.67 bits per heavy atom. The van der Waals surface area contributed by atoms with Crippen molar-refractivity contribution in [2.24, 2.45) is 0 Å². The Kier molecular flexibility index (Phi) is 5.79. The summed E-state index contributed by atoms with van der Waals surface area (Å²) in [5.74, 6) is 0. The first kappa shape index (κ1) is 13.5. The SMILES string of the molecule is N#CCCN(CCC#N)C(=O)Nc1ccccc1. The highest BCUT2D eigenvalue weighted by atomic mass is 16.2. The van der Waals surface area contributed by atoms with Crippen LogP contribution in [0.25, 0.3) is 0 Å². The van der Waals surface area contributed by atoms with Gasteiger partial charge in [-0.25, -0.2) is 4.79 Å². The van der Waals surface area contributed by atoms with Crippen molar-refractivity contribution in [2.45, 2.75) is 12.8 Å². The minimum absolute atomic E-state index is 0.258. The van der Waals surface area contributed by atoms with Gasteiger partial charge in [0, 0.05) is 18.8 Å². The number of anilines is 1. The van der Waals surface area contributed by atoms with Crippen LogP contribution in [0.1, 0.15) is 12.8 Å². The zero-order valence-electron chi connectivity index (χ0n) is 9.97. The molecule has 0 heterocycles. The summed E-state index contributed by atoms with van der Waals surface area (Å²) in [4.78, 5) is 13.4. The van der Waals surface area contributed by atoms with Crippen LogP contribution in [0.5, 0.6) is 0 Å². The van der Waals surface area contributed by atoms with Crippen LogP contribution in [0.15, 0.2) is 30.3 Å². The smallest absolute Gasteiger partial charge is 0.321 e. The van der Waals surface area contributed by atoms with Crippen molar-refractivity contribution in [2.75, 3.05) is 18.4 Å². The summed E-state index contributed by atoms with van der Waals surface area (Å²) in [6.07, 6.45) is 0.515. The molecule has 18 heavy (non-hydrogen) atoms. The van der Waals surface area contributed by atoms with Gasteiger partial charge in [-0.05, 0) is 12.1 Å². The lowest BCUT2D eigenvalue weighted by molar-refractivity contribution is 0.214. The summed E-state index contributed by atoms with van der Waals surface area (Å²) >= 11 is 0. The molecule has 0 saturated heterocycles. The van der Waals surface area contributed by atoms with Crippen LogP contribution in [0.3, 0.4) is 0 Å². The van der Waals surface area contributed by atoms with Crippen molar-refractivity contribution in [3.8, 4) is 12.1 Å². The minimum atomic E-state index is -0.285. The quantitative estimate of drug-likeness (QED) is 0.860. The molecule has 5 heteroatoms. The van der Waals surface area contributed by atoms with E-state index >= 15 is 0 Å². The summed E-state index contributed by atoms with van der Waals surface area (Å²) in [5, 5.41) is 19.8. The van der Waals surface area contributed by atoms with Crippen LogP contribution in [-0.4, -0.2) is 24.0 Å². The minimum Gasteiger partial charge on any atom is -0.322 e. The molecule has 0 bridgehead atoms. The van der Waals surface area contributed by atoms with Crippen molar-refractivity contribution in [3.05, 3.63) is 30.3 Å². The number of carbonyl (C=O) groups is 1. The second-order valence-electron chi connectivity index (χ2n) is 3.60. The van der Waals surface area contributed by atoms with Gasteiger partial charge in [0.1, 0.15) is 0 Å². The second-order valence-corrected chi connectivity index (χ2v) is 3.60. The molecular weight excluding hydrogens is 228 g/mol. The number of hydrogen-bond acceptors (Lipinski definition) is 3. The van der Waals surface area contributed by atoms with Crippen molar-refractivity contribution >= 4 is 11.7 Å². The number of hydrogen-bond donors (Lipinski definition) is 1. The zero-order chi connectivity index (χ0) is 13.2. The van der Waals surface area contributed by atoms with E-state index in [1.54, 1.807) is 12.1 Å². The lowest BCUT2D eigenvalue weighted by atomic mass is 10.3. The molecule has 92 valence electrons. The summed E-state index contributed by atoms with van der Waals surface area (Å²) in [6.45, 7) is 0.660. The van der Waals surface area contributed by atoms with Crippen molar-refractivity contribution in [1.29, 1.82) is 10.5 Å². The predicted molar refractivity (Wildman–Crippen MR) is 67.5 cm³/mol. The van der Waals surface area contributed by atoms with Crippen LogP contribution in [-0.2, 0) is 0 Å². The van der Waals surface area contributed by atoms with Crippen molar-refractivity contribution < 1.29 is 4.79 Å². The number of amides is 2. The number of urea groups is 1. The second kappa shape index (κ2) is 7.70. The topological polar surface area (TPSA) is 79.9 Å². The molecular formula is C13H14N4O. The summed E-state index contributed by atoms with van der Waals surface area (Å²) in [5.41, 5.74) is 0.696. The highest BCUT2D eigenvalue weighted by Crippen LogP contribution is 2.07. The number of rotatable bonds is 5. The molecule has 0 saturated carbocycles. The van der Waals surface area contributed by atoms with Gasteiger partial charge in [0.15, 0.2) is 0 Å². The molecule has 0 fully saturated rings. The van der Waals surface area contributed by atoms with E-state index in [0.29, 0.717) is 18.8 Å². The van der Waals surface area contributed by atoms with E-state index in [0.717, 1.165) is 0 Å². The Bertz CT molecular complexity index is 440. The van der Waals surface area contributed by atoms with Gasteiger partial charge in [-0.15, -0.1) is 0 Å². The number of nitrogens with zero attached hydrogens (tertiary/aromatic N) is 3. The van der Waals surface area contributed by atoms with E-state index in [1.807, 2.05) is 30.3 Å². The third kappa shape index (κ3) is 4.54. The maximum atomic E-state index is 11.9. The molecule has 1 aromatic rings. The Hall–Kier alpha value is -2.53. The monoisotopic (exact) mass is 242 g/mol. The molecule has 0 aliphatic rings. The summed E-state index contributed by atoms with van der Waals surface area (Å²) in [6, 6.07) is 12.8. The molecule has 1 N–H and O–H groups in total. The standard InChI is InChI=1S/C13H14N4O/c14-8-4-10-17(11-5-9-15)13(18)16-12-6-2-1-3-7-12/h1-3,6-7H,4-5,10-11H2,(H,16,18). The lowest BCUT2D eigenvalue weighted by Crippen LogP contribution is -2.36. The molecule has 0 unspecified atom stereocenters. The Balaban J connectivity index is 2.59. The molecule has 0 atom stereocenters. The maximum Gasteiger partial charge on any atom is 0.321 e. The van der Waals surface area contributed by atoms with Crippen molar-refractivity contribution in [1.82, 2.24) is 4.90 Å². The van der Waals surface area contributed by atoms with Gasteiger partial charge in [0.05, 0.1) is 25.0 Å². The van der Waals surface area contributed by atoms with Crippen LogP contribution in [0, 0.1) is 22.7 Å². The van der Waals surface area contributed by atoms with Gasteiger partial charge in [0.25, 0.3) is 0 Å². The molecule has 0 aliphatic carbocycles. The Morgan fingerprint density at radius 3 is 2.17 bits per heavy atom. The number of para-hydroxylation sites is 1. The molecule has 0 aliphatic heterocycles. The third-order valence-electron chi connectivity index (χ3n) is 2.30. The fourth-order valence-electron chi connectivity index (χ4n) is 1.41. The van der Waals surface area contributed by atoms with Gasteiger partial charge in [-0.3, -0.25) is 0 Å². The average Bonchev–Trinajstić information content (AvgIpc) is 2.40. The predicted octanol–water partition coefficient (Wildman–Crippen LogP) is 2.35. The largest absolute Gasteiger partial charge is 0.322 e. The van der Waals surface area contributed by atoms with E-state index in [-0.39, 0.29) is 18.9 Å². The Morgan fingerprint density at radius 1 is 1.11 bits per heavy atom. The molecule has 1 rings (SSSR count). The third-order valence-corrected chi connectivity index (χ3v) is 2.30. The maximum absolute atomic E-state index is 11.9. The molecule has 0 aromatic heterocycles. The van der Waals surface area contributed by atoms with Gasteiger partial charge in [-0.2, -0.15) is 10.5 Å². The van der Waals surface area contributed by atoms with E-state index in [1.165, 1.54) is 4.90 Å². The lowest BCUT2D eigenvalue weighted by Gasteiger charge is -2.20. The Labute approximate surface area is 106 Å². The van der Waals surface area contributed by atoms with Crippen LogP contribution in [0.2, 0.25) is 0 Å². The van der Waals surface area contributed by atoms with Gasteiger partial charge < -0.3 is 10.2 Å². The molecule has 0 spiro atoms. The van der Waals surface area contributed by atoms with E-state index in [4.69, 9.17) is 10.5 Å². The first-order chi connectivity index (χ1) is 8.77. The number of nitriles is 2. The number of nitrogens with one attached hydrogen (secondary N) is 1. The molecule has 5 nitrogen and oxygen atoms in total. The molecule has 0 radical (unpaired) electrons. The highest BCUT2D eigenvalue weighted by molar-refractivity contribution is 5.89. The number of benzene rings is 1. The van der Waals surface area contributed by atoms with Crippen LogP contribution in [0.4, 0.5) is 10.5 Å². The highest BCUT2D eigenvalue weighted by Gasteiger charge is 2.12. The summed E-state index contributed by atoms with van der Waals surface area (Å²) in [7, 11) is 0. The summed E-state index contributed by atoms with van der Waals surface area (Å²) < 4.78 is 0. The van der Waals surface area contributed by atoms with Gasteiger partial charge in [-0.1, -0.05) is 18.2 Å². The van der Waals surface area contributed by atoms with E-state index < -0.39 is 0 Å².